The van der Waals surface area contributed by atoms with E-state index in [9.17, 15) is 9.18 Å². The molecule has 0 saturated heterocycles. The molecule has 1 aliphatic rings. The van der Waals surface area contributed by atoms with Gasteiger partial charge in [-0.05, 0) is 36.6 Å². The van der Waals surface area contributed by atoms with Crippen LogP contribution in [0.3, 0.4) is 0 Å². The van der Waals surface area contributed by atoms with Crippen LogP contribution in [0.1, 0.15) is 66.8 Å². The van der Waals surface area contributed by atoms with Gasteiger partial charge in [0.1, 0.15) is 11.6 Å². The van der Waals surface area contributed by atoms with Crippen molar-refractivity contribution in [3.05, 3.63) is 59.3 Å². The molecule has 3 nitrogen and oxygen atoms in total. The summed E-state index contributed by atoms with van der Waals surface area (Å²) >= 11 is 1.57. The number of hydrogen-bond acceptors (Lipinski definition) is 3. The van der Waals surface area contributed by atoms with Gasteiger partial charge in [-0.15, -0.1) is 11.8 Å². The Morgan fingerprint density at radius 2 is 1.77 bits per heavy atom. The molecule has 1 aromatic heterocycles. The average Bonchev–Trinajstić information content (AvgIpc) is 3.08. The molecular formula is C21H26FNO2S. The first kappa shape index (κ1) is 19.0. The third-order valence-electron chi connectivity index (χ3n) is 4.79. The lowest BCUT2D eigenvalue weighted by Gasteiger charge is -2.20. The molecule has 0 atom stereocenters. The predicted octanol–water partition coefficient (Wildman–Crippen LogP) is 5.69. The van der Waals surface area contributed by atoms with Gasteiger partial charge in [-0.3, -0.25) is 4.79 Å². The van der Waals surface area contributed by atoms with Crippen molar-refractivity contribution in [2.75, 3.05) is 0 Å². The van der Waals surface area contributed by atoms with Crippen molar-refractivity contribution < 1.29 is 13.6 Å². The zero-order valence-corrected chi connectivity index (χ0v) is 15.8. The number of hydrogen-bond donors (Lipinski definition) is 1. The van der Waals surface area contributed by atoms with Crippen molar-refractivity contribution >= 4 is 17.7 Å². The Balaban J connectivity index is 1.47. The Bertz CT molecular complexity index is 708. The first-order valence-corrected chi connectivity index (χ1v) is 10.6. The first-order chi connectivity index (χ1) is 12.7. The monoisotopic (exact) mass is 375 g/mol. The van der Waals surface area contributed by atoms with E-state index in [4.69, 9.17) is 4.42 Å². The van der Waals surface area contributed by atoms with E-state index in [1.807, 2.05) is 12.1 Å². The molecule has 1 aliphatic carbocycles. The number of rotatable bonds is 6. The average molecular weight is 376 g/mol. The maximum absolute atomic E-state index is 13.6. The molecule has 26 heavy (non-hydrogen) atoms. The number of benzene rings is 1. The van der Waals surface area contributed by atoms with Crippen LogP contribution in [-0.4, -0.2) is 11.9 Å². The number of halogens is 1. The van der Waals surface area contributed by atoms with E-state index in [1.54, 1.807) is 30.0 Å². The highest BCUT2D eigenvalue weighted by atomic mass is 32.2. The van der Waals surface area contributed by atoms with Crippen LogP contribution >= 0.6 is 11.8 Å². The Labute approximate surface area is 158 Å². The van der Waals surface area contributed by atoms with Crippen LogP contribution in [0.15, 0.2) is 40.8 Å². The predicted molar refractivity (Wildman–Crippen MR) is 104 cm³/mol. The Morgan fingerprint density at radius 1 is 1.04 bits per heavy atom. The van der Waals surface area contributed by atoms with Crippen LogP contribution in [0.25, 0.3) is 0 Å². The lowest BCUT2D eigenvalue weighted by atomic mass is 9.97. The molecule has 0 radical (unpaired) electrons. The molecule has 0 unspecified atom stereocenters. The maximum atomic E-state index is 13.6. The summed E-state index contributed by atoms with van der Waals surface area (Å²) in [5.41, 5.74) is 0.686. The molecule has 0 spiro atoms. The number of amides is 1. The second-order valence-corrected chi connectivity index (χ2v) is 7.85. The van der Waals surface area contributed by atoms with Gasteiger partial charge in [0.05, 0.1) is 5.75 Å². The van der Waals surface area contributed by atoms with Crippen molar-refractivity contribution in [2.45, 2.75) is 62.5 Å². The highest BCUT2D eigenvalue weighted by molar-refractivity contribution is 7.97. The van der Waals surface area contributed by atoms with E-state index < -0.39 is 0 Å². The van der Waals surface area contributed by atoms with Crippen LogP contribution < -0.4 is 5.32 Å². The number of carbonyl (C=O) groups is 1. The molecule has 0 bridgehead atoms. The molecule has 1 amide bonds. The SMILES string of the molecule is O=C(NC1CCCCCCC1)c1ccc(CSCc2ccccc2F)o1. The van der Waals surface area contributed by atoms with Crippen molar-refractivity contribution in [3.63, 3.8) is 0 Å². The summed E-state index contributed by atoms with van der Waals surface area (Å²) in [6.45, 7) is 0. The summed E-state index contributed by atoms with van der Waals surface area (Å²) in [5.74, 6) is 2.00. The second-order valence-electron chi connectivity index (χ2n) is 6.87. The molecule has 1 heterocycles. The standard InChI is InChI=1S/C21H26FNO2S/c22-19-11-7-6-8-16(19)14-26-15-18-12-13-20(25-18)21(24)23-17-9-4-2-1-3-5-10-17/h6-8,11-13,17H,1-5,9-10,14-15H2,(H,23,24). The van der Waals surface area contributed by atoms with Gasteiger partial charge in [0.2, 0.25) is 0 Å². The summed E-state index contributed by atoms with van der Waals surface area (Å²) in [4.78, 5) is 12.4. The second kappa shape index (κ2) is 9.81. The normalized spacial score (nSPS) is 16.0. The quantitative estimate of drug-likeness (QED) is 0.705. The van der Waals surface area contributed by atoms with Gasteiger partial charge in [0.25, 0.3) is 5.91 Å². The zero-order chi connectivity index (χ0) is 18.2. The molecule has 1 saturated carbocycles. The fourth-order valence-corrected chi connectivity index (χ4v) is 4.22. The van der Waals surface area contributed by atoms with Crippen LogP contribution in [0, 0.1) is 5.82 Å². The fourth-order valence-electron chi connectivity index (χ4n) is 3.31. The van der Waals surface area contributed by atoms with E-state index in [0.717, 1.165) is 18.6 Å². The summed E-state index contributed by atoms with van der Waals surface area (Å²) < 4.78 is 19.3. The van der Waals surface area contributed by atoms with Crippen molar-refractivity contribution in [2.24, 2.45) is 0 Å². The minimum atomic E-state index is -0.182. The summed E-state index contributed by atoms with van der Waals surface area (Å²) in [5, 5.41) is 3.12. The van der Waals surface area contributed by atoms with Crippen LogP contribution in [0.2, 0.25) is 0 Å². The third-order valence-corrected chi connectivity index (χ3v) is 5.79. The van der Waals surface area contributed by atoms with E-state index >= 15 is 0 Å². The van der Waals surface area contributed by atoms with Gasteiger partial charge in [0, 0.05) is 11.8 Å². The molecule has 0 aliphatic heterocycles. The van der Waals surface area contributed by atoms with E-state index in [0.29, 0.717) is 22.8 Å². The van der Waals surface area contributed by atoms with E-state index in [2.05, 4.69) is 5.32 Å². The van der Waals surface area contributed by atoms with E-state index in [1.165, 1.54) is 38.2 Å². The van der Waals surface area contributed by atoms with Gasteiger partial charge in [-0.1, -0.05) is 50.3 Å². The highest BCUT2D eigenvalue weighted by Gasteiger charge is 2.17. The van der Waals surface area contributed by atoms with Gasteiger partial charge in [0.15, 0.2) is 5.76 Å². The Kier molecular flexibility index (Phi) is 7.18. The third kappa shape index (κ3) is 5.63. The molecule has 3 rings (SSSR count). The summed E-state index contributed by atoms with van der Waals surface area (Å²) in [6.07, 6.45) is 8.30. The van der Waals surface area contributed by atoms with Gasteiger partial charge >= 0.3 is 0 Å². The smallest absolute Gasteiger partial charge is 0.287 e. The number of furan rings is 1. The summed E-state index contributed by atoms with van der Waals surface area (Å²) in [6, 6.07) is 10.6. The topological polar surface area (TPSA) is 42.2 Å². The fraction of sp³-hybridized carbons (Fsp3) is 0.476. The van der Waals surface area contributed by atoms with Gasteiger partial charge in [-0.25, -0.2) is 4.39 Å². The molecule has 1 N–H and O–H groups in total. The van der Waals surface area contributed by atoms with Crippen molar-refractivity contribution in [3.8, 4) is 0 Å². The molecule has 1 aromatic carbocycles. The lowest BCUT2D eigenvalue weighted by molar-refractivity contribution is 0.0901. The Morgan fingerprint density at radius 3 is 2.54 bits per heavy atom. The molecule has 140 valence electrons. The largest absolute Gasteiger partial charge is 0.455 e. The van der Waals surface area contributed by atoms with Gasteiger partial charge in [-0.2, -0.15) is 0 Å². The minimum Gasteiger partial charge on any atom is -0.455 e. The molecule has 1 fully saturated rings. The molecule has 2 aromatic rings. The first-order valence-electron chi connectivity index (χ1n) is 9.43. The van der Waals surface area contributed by atoms with Crippen molar-refractivity contribution in [1.82, 2.24) is 5.32 Å². The lowest BCUT2D eigenvalue weighted by Crippen LogP contribution is -2.35. The van der Waals surface area contributed by atoms with Crippen molar-refractivity contribution in [1.29, 1.82) is 0 Å². The minimum absolute atomic E-state index is 0.124. The molecule has 5 heteroatoms. The zero-order valence-electron chi connectivity index (χ0n) is 15.0. The van der Waals surface area contributed by atoms with Crippen LogP contribution in [0.5, 0.6) is 0 Å². The number of thioether (sulfide) groups is 1. The molecular weight excluding hydrogens is 349 g/mol. The summed E-state index contributed by atoms with van der Waals surface area (Å²) in [7, 11) is 0. The highest BCUT2D eigenvalue weighted by Crippen LogP contribution is 2.22. The maximum Gasteiger partial charge on any atom is 0.287 e. The Hall–Kier alpha value is -1.75. The van der Waals surface area contributed by atoms with Crippen LogP contribution in [0.4, 0.5) is 4.39 Å². The number of carbonyl (C=O) groups excluding carboxylic acids is 1. The van der Waals surface area contributed by atoms with Gasteiger partial charge < -0.3 is 9.73 Å². The van der Waals surface area contributed by atoms with Crippen LogP contribution in [-0.2, 0) is 11.5 Å². The van der Waals surface area contributed by atoms with E-state index in [-0.39, 0.29) is 17.8 Å². The number of nitrogens with one attached hydrogen (secondary N) is 1.